The molecule has 114 valence electrons. The average Bonchev–Trinajstić information content (AvgIpc) is 3.21. The van der Waals surface area contributed by atoms with Crippen molar-refractivity contribution in [3.05, 3.63) is 77.0 Å². The molecule has 0 saturated carbocycles. The van der Waals surface area contributed by atoms with E-state index in [0.717, 1.165) is 5.69 Å². The summed E-state index contributed by atoms with van der Waals surface area (Å²) in [5.41, 5.74) is 1.66. The standard InChI is InChI=1S/C17H14N4O2/c1-12-19-16-15(17(22)20(12)10-14-8-5-9-23-14)21(11-18-16)13-6-3-2-4-7-13/h2-9,11H,10H2,1H3. The molecular formula is C17H14N4O2. The number of rotatable bonds is 3. The molecule has 0 bridgehead atoms. The van der Waals surface area contributed by atoms with Crippen LogP contribution in [0.5, 0.6) is 0 Å². The monoisotopic (exact) mass is 306 g/mol. The Morgan fingerprint density at radius 1 is 1.13 bits per heavy atom. The van der Waals surface area contributed by atoms with Crippen LogP contribution in [-0.4, -0.2) is 19.1 Å². The second-order valence-electron chi connectivity index (χ2n) is 5.25. The first-order valence-electron chi connectivity index (χ1n) is 7.26. The van der Waals surface area contributed by atoms with Crippen molar-refractivity contribution in [2.75, 3.05) is 0 Å². The maximum Gasteiger partial charge on any atom is 0.280 e. The van der Waals surface area contributed by atoms with Crippen molar-refractivity contribution in [1.29, 1.82) is 0 Å². The van der Waals surface area contributed by atoms with Gasteiger partial charge in [-0.1, -0.05) is 18.2 Å². The number of aryl methyl sites for hydroxylation is 1. The van der Waals surface area contributed by atoms with Crippen molar-refractivity contribution in [2.45, 2.75) is 13.5 Å². The first-order chi connectivity index (χ1) is 11.2. The molecule has 3 aromatic heterocycles. The van der Waals surface area contributed by atoms with Gasteiger partial charge in [0.05, 0.1) is 12.8 Å². The lowest BCUT2D eigenvalue weighted by Gasteiger charge is -2.09. The zero-order valence-corrected chi connectivity index (χ0v) is 12.5. The van der Waals surface area contributed by atoms with E-state index in [-0.39, 0.29) is 5.56 Å². The highest BCUT2D eigenvalue weighted by Gasteiger charge is 2.15. The van der Waals surface area contributed by atoms with Crippen molar-refractivity contribution >= 4 is 11.2 Å². The molecule has 0 aliphatic heterocycles. The van der Waals surface area contributed by atoms with Crippen LogP contribution in [0.2, 0.25) is 0 Å². The number of imidazole rings is 1. The Balaban J connectivity index is 1.94. The predicted molar refractivity (Wildman–Crippen MR) is 85.7 cm³/mol. The van der Waals surface area contributed by atoms with E-state index in [1.807, 2.05) is 36.4 Å². The van der Waals surface area contributed by atoms with Gasteiger partial charge in [-0.3, -0.25) is 13.9 Å². The lowest BCUT2D eigenvalue weighted by Crippen LogP contribution is -2.25. The van der Waals surface area contributed by atoms with E-state index < -0.39 is 0 Å². The van der Waals surface area contributed by atoms with Crippen LogP contribution in [-0.2, 0) is 6.54 Å². The minimum absolute atomic E-state index is 0.134. The van der Waals surface area contributed by atoms with E-state index in [1.54, 1.807) is 34.7 Å². The highest BCUT2D eigenvalue weighted by atomic mass is 16.3. The number of benzene rings is 1. The minimum Gasteiger partial charge on any atom is -0.467 e. The highest BCUT2D eigenvalue weighted by Crippen LogP contribution is 2.14. The molecule has 0 fully saturated rings. The van der Waals surface area contributed by atoms with Gasteiger partial charge < -0.3 is 4.42 Å². The zero-order valence-electron chi connectivity index (χ0n) is 12.5. The number of furan rings is 1. The Kier molecular flexibility index (Phi) is 3.08. The molecule has 0 unspecified atom stereocenters. The van der Waals surface area contributed by atoms with Gasteiger partial charge in [-0.15, -0.1) is 0 Å². The first-order valence-corrected chi connectivity index (χ1v) is 7.26. The summed E-state index contributed by atoms with van der Waals surface area (Å²) in [7, 11) is 0. The molecule has 0 aliphatic rings. The molecule has 1 aromatic carbocycles. The molecule has 6 heteroatoms. The molecular weight excluding hydrogens is 292 g/mol. The predicted octanol–water partition coefficient (Wildman–Crippen LogP) is 2.53. The molecule has 0 atom stereocenters. The third-order valence-corrected chi connectivity index (χ3v) is 3.78. The maximum absolute atomic E-state index is 13.0. The topological polar surface area (TPSA) is 65.8 Å². The van der Waals surface area contributed by atoms with Gasteiger partial charge in [0.2, 0.25) is 0 Å². The second kappa shape index (κ2) is 5.24. The largest absolute Gasteiger partial charge is 0.467 e. The van der Waals surface area contributed by atoms with Gasteiger partial charge in [0, 0.05) is 5.69 Å². The Morgan fingerprint density at radius 2 is 1.96 bits per heavy atom. The normalized spacial score (nSPS) is 11.2. The quantitative estimate of drug-likeness (QED) is 0.583. The average molecular weight is 306 g/mol. The van der Waals surface area contributed by atoms with E-state index in [1.165, 1.54) is 0 Å². The summed E-state index contributed by atoms with van der Waals surface area (Å²) in [6, 6.07) is 13.3. The third-order valence-electron chi connectivity index (χ3n) is 3.78. The molecule has 3 heterocycles. The Morgan fingerprint density at radius 3 is 2.70 bits per heavy atom. The van der Waals surface area contributed by atoms with Gasteiger partial charge in [0.1, 0.15) is 17.9 Å². The van der Waals surface area contributed by atoms with Gasteiger partial charge in [0.15, 0.2) is 11.2 Å². The minimum atomic E-state index is -0.134. The van der Waals surface area contributed by atoms with Gasteiger partial charge in [-0.2, -0.15) is 0 Å². The van der Waals surface area contributed by atoms with E-state index in [4.69, 9.17) is 4.42 Å². The Bertz CT molecular complexity index is 1010. The number of hydrogen-bond donors (Lipinski definition) is 0. The maximum atomic E-state index is 13.0. The van der Waals surface area contributed by atoms with Crippen LogP contribution in [0.3, 0.4) is 0 Å². The van der Waals surface area contributed by atoms with Gasteiger partial charge in [0.25, 0.3) is 5.56 Å². The van der Waals surface area contributed by atoms with Crippen molar-refractivity contribution in [3.63, 3.8) is 0 Å². The van der Waals surface area contributed by atoms with Crippen LogP contribution < -0.4 is 5.56 Å². The number of hydrogen-bond acceptors (Lipinski definition) is 4. The number of nitrogens with zero attached hydrogens (tertiary/aromatic N) is 4. The van der Waals surface area contributed by atoms with Crippen molar-refractivity contribution in [3.8, 4) is 5.69 Å². The van der Waals surface area contributed by atoms with Crippen LogP contribution >= 0.6 is 0 Å². The van der Waals surface area contributed by atoms with Crippen molar-refractivity contribution in [2.24, 2.45) is 0 Å². The molecule has 6 nitrogen and oxygen atoms in total. The van der Waals surface area contributed by atoms with Crippen LogP contribution in [0.4, 0.5) is 0 Å². The number of para-hydroxylation sites is 1. The molecule has 0 aliphatic carbocycles. The molecule has 4 rings (SSSR count). The summed E-state index contributed by atoms with van der Waals surface area (Å²) in [5.74, 6) is 1.32. The summed E-state index contributed by atoms with van der Waals surface area (Å²) < 4.78 is 8.71. The van der Waals surface area contributed by atoms with Gasteiger partial charge in [-0.05, 0) is 31.2 Å². The van der Waals surface area contributed by atoms with Crippen molar-refractivity contribution < 1.29 is 4.42 Å². The molecule has 0 amide bonds. The van der Waals surface area contributed by atoms with Crippen LogP contribution in [0.25, 0.3) is 16.9 Å². The van der Waals surface area contributed by atoms with Crippen LogP contribution in [0.1, 0.15) is 11.6 Å². The molecule has 0 spiro atoms. The van der Waals surface area contributed by atoms with Crippen LogP contribution in [0, 0.1) is 6.92 Å². The van der Waals surface area contributed by atoms with E-state index >= 15 is 0 Å². The molecule has 0 N–H and O–H groups in total. The fourth-order valence-electron chi connectivity index (χ4n) is 2.64. The lowest BCUT2D eigenvalue weighted by atomic mass is 10.3. The molecule has 4 aromatic rings. The van der Waals surface area contributed by atoms with E-state index in [2.05, 4.69) is 9.97 Å². The summed E-state index contributed by atoms with van der Waals surface area (Å²) in [6.07, 6.45) is 3.22. The second-order valence-corrected chi connectivity index (χ2v) is 5.25. The smallest absolute Gasteiger partial charge is 0.280 e. The first kappa shape index (κ1) is 13.5. The summed E-state index contributed by atoms with van der Waals surface area (Å²) >= 11 is 0. The summed E-state index contributed by atoms with van der Waals surface area (Å²) in [4.78, 5) is 21.7. The molecule has 0 radical (unpaired) electrons. The Hall–Kier alpha value is -3.15. The van der Waals surface area contributed by atoms with E-state index in [0.29, 0.717) is 29.3 Å². The third kappa shape index (κ3) is 2.24. The Labute approximate surface area is 131 Å². The van der Waals surface area contributed by atoms with Crippen molar-refractivity contribution in [1.82, 2.24) is 19.1 Å². The molecule has 0 saturated heterocycles. The SMILES string of the molecule is Cc1nc2ncn(-c3ccccc3)c2c(=O)n1Cc1ccco1. The van der Waals surface area contributed by atoms with Gasteiger partial charge in [-0.25, -0.2) is 9.97 Å². The number of aromatic nitrogens is 4. The fourth-order valence-corrected chi connectivity index (χ4v) is 2.64. The van der Waals surface area contributed by atoms with Crippen LogP contribution in [0.15, 0.2) is 64.3 Å². The number of fused-ring (bicyclic) bond motifs is 1. The zero-order chi connectivity index (χ0) is 15.8. The summed E-state index contributed by atoms with van der Waals surface area (Å²) in [6.45, 7) is 2.14. The summed E-state index contributed by atoms with van der Waals surface area (Å²) in [5, 5.41) is 0. The van der Waals surface area contributed by atoms with E-state index in [9.17, 15) is 4.79 Å². The van der Waals surface area contributed by atoms with Gasteiger partial charge >= 0.3 is 0 Å². The highest BCUT2D eigenvalue weighted by molar-refractivity contribution is 5.72. The lowest BCUT2D eigenvalue weighted by molar-refractivity contribution is 0.485. The molecule has 23 heavy (non-hydrogen) atoms. The fraction of sp³-hybridized carbons (Fsp3) is 0.118.